The van der Waals surface area contributed by atoms with Crippen LogP contribution in [0.4, 0.5) is 17.1 Å². The first kappa shape index (κ1) is 50.6. The molecule has 4 heterocycles. The number of hydrogen-bond donors (Lipinski definition) is 4. The summed E-state index contributed by atoms with van der Waals surface area (Å²) in [6, 6.07) is 28.9. The van der Waals surface area contributed by atoms with Crippen LogP contribution in [0.5, 0.6) is 17.2 Å². The van der Waals surface area contributed by atoms with Crippen LogP contribution in [0, 0.1) is 21.4 Å². The minimum absolute atomic E-state index is 0.0315. The van der Waals surface area contributed by atoms with Crippen LogP contribution in [0.2, 0.25) is 0 Å². The Morgan fingerprint density at radius 2 is 1.73 bits per heavy atom. The Bertz CT molecular complexity index is 3220. The van der Waals surface area contributed by atoms with Gasteiger partial charge in [-0.25, -0.2) is 18.1 Å². The van der Waals surface area contributed by atoms with Gasteiger partial charge in [-0.15, -0.1) is 0 Å². The summed E-state index contributed by atoms with van der Waals surface area (Å²) < 4.78 is 42.1. The summed E-state index contributed by atoms with van der Waals surface area (Å²) in [5.41, 5.74) is 6.08. The van der Waals surface area contributed by atoms with Crippen molar-refractivity contribution in [2.45, 2.75) is 113 Å². The number of carbonyl (C=O) groups excluding carboxylic acids is 1. The largest absolute Gasteiger partial charge is 0.496 e. The van der Waals surface area contributed by atoms with Crippen LogP contribution in [0.3, 0.4) is 0 Å². The summed E-state index contributed by atoms with van der Waals surface area (Å²) in [5, 5.41) is 26.5. The molecule has 1 spiro atoms. The molecule has 17 heteroatoms. The second kappa shape index (κ2) is 20.2. The summed E-state index contributed by atoms with van der Waals surface area (Å²) in [5.74, 6) is 1.79. The number of aliphatic hydroxyl groups is 1. The molecule has 1 amide bonds. The average molecular weight is 1040 g/mol. The Morgan fingerprint density at radius 3 is 2.48 bits per heavy atom. The molecule has 4 aromatic carbocycles. The number of rotatable bonds is 17. The maximum Gasteiger partial charge on any atom is 0.293 e. The number of pyridine rings is 1. The van der Waals surface area contributed by atoms with Gasteiger partial charge in [0.25, 0.3) is 21.6 Å². The van der Waals surface area contributed by atoms with E-state index in [0.717, 1.165) is 87.8 Å². The fourth-order valence-corrected chi connectivity index (χ4v) is 13.3. The summed E-state index contributed by atoms with van der Waals surface area (Å²) in [6.45, 7) is 12.3. The van der Waals surface area contributed by atoms with E-state index in [9.17, 15) is 28.4 Å². The first-order valence-electron chi connectivity index (χ1n) is 26.6. The van der Waals surface area contributed by atoms with E-state index in [4.69, 9.17) is 9.47 Å². The molecule has 11 rings (SSSR count). The number of aromatic amines is 1. The number of aromatic nitrogens is 2. The van der Waals surface area contributed by atoms with Crippen molar-refractivity contribution < 1.29 is 32.7 Å². The van der Waals surface area contributed by atoms with E-state index in [0.29, 0.717) is 48.7 Å². The Morgan fingerprint density at radius 1 is 0.947 bits per heavy atom. The quantitative estimate of drug-likeness (QED) is 0.0498. The molecule has 394 valence electrons. The minimum Gasteiger partial charge on any atom is -0.496 e. The van der Waals surface area contributed by atoms with Crippen LogP contribution in [0.1, 0.15) is 123 Å². The van der Waals surface area contributed by atoms with Crippen molar-refractivity contribution >= 4 is 44.0 Å². The van der Waals surface area contributed by atoms with Crippen LogP contribution < -0.4 is 24.4 Å². The Balaban J connectivity index is 0.785. The molecular formula is C58H68N8O8S. The molecule has 2 aromatic heterocycles. The molecule has 1 atom stereocenters. The van der Waals surface area contributed by atoms with Crippen molar-refractivity contribution in [3.8, 4) is 17.2 Å². The smallest absolute Gasteiger partial charge is 0.293 e. The highest BCUT2D eigenvalue weighted by atomic mass is 32.2. The zero-order chi connectivity index (χ0) is 52.2. The third-order valence-electron chi connectivity index (χ3n) is 16.7. The molecule has 5 fully saturated rings. The monoisotopic (exact) mass is 1040 g/mol. The number of nitrogens with zero attached hydrogens (tertiary/aromatic N) is 5. The van der Waals surface area contributed by atoms with Crippen molar-refractivity contribution in [2.75, 3.05) is 56.6 Å². The number of piperazine rings is 1. The lowest BCUT2D eigenvalue weighted by molar-refractivity contribution is -0.384. The Hall–Kier alpha value is -6.53. The van der Waals surface area contributed by atoms with E-state index in [-0.39, 0.29) is 34.4 Å². The predicted octanol–water partition coefficient (Wildman–Crippen LogP) is 10.3. The summed E-state index contributed by atoms with van der Waals surface area (Å²) in [6.07, 6.45) is 10.7. The van der Waals surface area contributed by atoms with E-state index < -0.39 is 37.0 Å². The van der Waals surface area contributed by atoms with E-state index in [1.54, 1.807) is 37.7 Å². The van der Waals surface area contributed by atoms with Crippen LogP contribution in [0.25, 0.3) is 11.0 Å². The van der Waals surface area contributed by atoms with Gasteiger partial charge < -0.3 is 29.8 Å². The minimum atomic E-state index is -4.59. The zero-order valence-corrected chi connectivity index (χ0v) is 44.1. The third kappa shape index (κ3) is 10.7. The normalized spacial score (nSPS) is 22.2. The number of carbonyl (C=O) groups is 1. The number of fused-ring (bicyclic) bond motifs is 1. The predicted molar refractivity (Wildman–Crippen MR) is 289 cm³/mol. The van der Waals surface area contributed by atoms with Crippen molar-refractivity contribution in [2.24, 2.45) is 11.3 Å². The van der Waals surface area contributed by atoms with Crippen molar-refractivity contribution in [3.05, 3.63) is 141 Å². The van der Waals surface area contributed by atoms with Gasteiger partial charge >= 0.3 is 0 Å². The number of hydrogen-bond acceptors (Lipinski definition) is 13. The number of nitro benzene ring substituents is 1. The molecule has 5 aliphatic rings. The van der Waals surface area contributed by atoms with Gasteiger partial charge in [0.15, 0.2) is 0 Å². The molecule has 6 aromatic rings. The van der Waals surface area contributed by atoms with Crippen molar-refractivity contribution in [3.63, 3.8) is 0 Å². The molecule has 0 bridgehead atoms. The number of amides is 1. The molecule has 0 radical (unpaired) electrons. The van der Waals surface area contributed by atoms with Crippen molar-refractivity contribution in [1.29, 1.82) is 0 Å². The Labute approximate surface area is 439 Å². The van der Waals surface area contributed by atoms with E-state index in [2.05, 4.69) is 91.0 Å². The lowest BCUT2D eigenvalue weighted by atomic mass is 9.59. The molecule has 75 heavy (non-hydrogen) atoms. The number of sulfonamides is 1. The highest BCUT2D eigenvalue weighted by Crippen LogP contribution is 2.54. The summed E-state index contributed by atoms with van der Waals surface area (Å²) in [7, 11) is -2.80. The Kier molecular flexibility index (Phi) is 13.6. The van der Waals surface area contributed by atoms with Crippen molar-refractivity contribution in [1.82, 2.24) is 24.5 Å². The third-order valence-corrected chi connectivity index (χ3v) is 18.0. The highest BCUT2D eigenvalue weighted by Gasteiger charge is 2.55. The van der Waals surface area contributed by atoms with Crippen LogP contribution in [-0.2, 0) is 16.6 Å². The molecule has 3 aliphatic carbocycles. The number of methoxy groups -OCH3 is 1. The molecule has 16 nitrogen and oxygen atoms in total. The van der Waals surface area contributed by atoms with Gasteiger partial charge in [0, 0.05) is 92.7 Å². The standard InChI is InChI=1S/C58H68N8O8S/c1-37(2)46-7-5-6-8-48(46)52-34-63(33-39-9-14-47(40-10-11-40)53(25-39)73-4)23-24-65(52)43-29-58(30-43)35-64(36-58)42-12-15-49(54(27-42)74-44-26-41-19-22-59-55(41)61-32-44)56(67)62-75(71,72)45-13-16-50(51(28-45)66(69)70)60-31-38-17-20-57(3,68)21-18-38/h5-9,12-16,19,22,25-28,32,37-38,40,43,52,60,68H,10-11,17-18,20-21,23-24,29-31,33-36H2,1-4H3,(H,59,61)(H,62,67)/t38-,52-,57-/m0/s1. The highest BCUT2D eigenvalue weighted by molar-refractivity contribution is 7.90. The topological polar surface area (TPSA) is 195 Å². The first-order valence-corrected chi connectivity index (χ1v) is 28.1. The fraction of sp³-hybridized carbons (Fsp3) is 0.448. The number of benzene rings is 4. The zero-order valence-electron chi connectivity index (χ0n) is 43.3. The lowest BCUT2D eigenvalue weighted by Crippen LogP contribution is -2.68. The summed E-state index contributed by atoms with van der Waals surface area (Å²) in [4.78, 5) is 40.5. The molecule has 3 saturated carbocycles. The van der Waals surface area contributed by atoms with Gasteiger partial charge in [-0.3, -0.25) is 24.7 Å². The second-order valence-corrected chi connectivity index (χ2v) is 24.3. The van der Waals surface area contributed by atoms with Crippen LogP contribution >= 0.6 is 0 Å². The molecule has 0 unspecified atom stereocenters. The van der Waals surface area contributed by atoms with Crippen LogP contribution in [-0.4, -0.2) is 102 Å². The number of H-pyrrole nitrogens is 1. The van der Waals surface area contributed by atoms with E-state index in [1.165, 1.54) is 47.2 Å². The molecular weight excluding hydrogens is 969 g/mol. The van der Waals surface area contributed by atoms with E-state index >= 15 is 0 Å². The van der Waals surface area contributed by atoms with E-state index in [1.807, 2.05) is 19.1 Å². The summed E-state index contributed by atoms with van der Waals surface area (Å²) >= 11 is 0. The molecule has 4 N–H and O–H groups in total. The fourth-order valence-electron chi connectivity index (χ4n) is 12.3. The maximum atomic E-state index is 14.1. The average Bonchev–Trinajstić information content (AvgIpc) is 4.11. The number of ether oxygens (including phenoxy) is 2. The number of nitrogens with one attached hydrogen (secondary N) is 3. The lowest BCUT2D eigenvalue weighted by Gasteiger charge is -2.63. The van der Waals surface area contributed by atoms with Gasteiger partial charge in [0.2, 0.25) is 0 Å². The van der Waals surface area contributed by atoms with Crippen LogP contribution in [0.15, 0.2) is 108 Å². The van der Waals surface area contributed by atoms with Gasteiger partial charge in [-0.2, -0.15) is 0 Å². The van der Waals surface area contributed by atoms with Gasteiger partial charge in [-0.1, -0.05) is 50.2 Å². The number of anilines is 2. The molecule has 2 saturated heterocycles. The second-order valence-electron chi connectivity index (χ2n) is 22.6. The SMILES string of the molecule is COc1cc(CN2CCN(C3CC4(C3)CN(c3ccc(C(=O)NS(=O)(=O)c5ccc(NC[C@H]6CC[C@](C)(O)CC6)c([N+](=O)[O-])c5)c(Oc5cnc6[nH]ccc6c5)c3)C4)[C@H](c3ccccc3C(C)C)C2)ccc1C1CC1. The van der Waals surface area contributed by atoms with Gasteiger partial charge in [-0.05, 0) is 141 Å². The maximum absolute atomic E-state index is 14.1. The molecule has 2 aliphatic heterocycles. The number of nitro groups is 1. The first-order chi connectivity index (χ1) is 36.0. The van der Waals surface area contributed by atoms with Gasteiger partial charge in [0.1, 0.15) is 28.6 Å². The van der Waals surface area contributed by atoms with Gasteiger partial charge in [0.05, 0.1) is 34.3 Å².